The Bertz CT molecular complexity index is 760. The number of carboxylic acid groups (broad SMARTS) is 2. The number of rotatable bonds is 17. The van der Waals surface area contributed by atoms with Crippen molar-refractivity contribution in [2.24, 2.45) is 5.92 Å². The molecule has 9 heteroatoms. The first kappa shape index (κ1) is 27.0. The molecule has 1 rings (SSSR count). The molecule has 1 aromatic rings. The molecule has 1 aromatic carbocycles. The van der Waals surface area contributed by atoms with Gasteiger partial charge in [-0.15, -0.1) is 0 Å². The summed E-state index contributed by atoms with van der Waals surface area (Å²) in [7, 11) is 0. The van der Waals surface area contributed by atoms with E-state index >= 15 is 0 Å². The topological polar surface area (TPSA) is 131 Å². The number of allylic oxidation sites excluding steroid dienone is 2. The van der Waals surface area contributed by atoms with Crippen molar-refractivity contribution in [2.45, 2.75) is 46.1 Å². The van der Waals surface area contributed by atoms with E-state index in [-0.39, 0.29) is 37.2 Å². The number of unbranched alkanes of at least 4 members (excludes halogenated alkanes) is 2. The highest BCUT2D eigenvalue weighted by atomic mass is 16.6. The molecule has 0 aliphatic rings. The van der Waals surface area contributed by atoms with E-state index < -0.39 is 25.2 Å². The third-order valence-electron chi connectivity index (χ3n) is 4.11. The summed E-state index contributed by atoms with van der Waals surface area (Å²) in [4.78, 5) is 33.3. The second-order valence-corrected chi connectivity index (χ2v) is 7.45. The molecule has 0 aliphatic heterocycles. The zero-order chi connectivity index (χ0) is 23.8. The van der Waals surface area contributed by atoms with Crippen molar-refractivity contribution in [1.29, 1.82) is 0 Å². The Morgan fingerprint density at radius 2 is 1.75 bits per heavy atom. The summed E-state index contributed by atoms with van der Waals surface area (Å²) in [5.41, 5.74) is 0.752. The standard InChI is InChI=1S/C23H33NO8/c1-17(2)7-5-3-4-6-8-21(25)24-14-18-9-10-19(32-16-23(28)29)20(13-18)31-12-11-30-15-22(26)27/h5,7,9-10,13,17H,3-4,6,8,11-12,14-16H2,1-2H3,(H,24,25)(H,26,27)(H,28,29). The van der Waals surface area contributed by atoms with Gasteiger partial charge in [0, 0.05) is 13.0 Å². The number of carboxylic acids is 2. The average Bonchev–Trinajstić information content (AvgIpc) is 2.73. The van der Waals surface area contributed by atoms with Crippen LogP contribution in [0.1, 0.15) is 45.1 Å². The minimum Gasteiger partial charge on any atom is -0.487 e. The smallest absolute Gasteiger partial charge is 0.341 e. The number of amides is 1. The fourth-order valence-corrected chi connectivity index (χ4v) is 2.61. The Labute approximate surface area is 188 Å². The maximum Gasteiger partial charge on any atom is 0.341 e. The zero-order valence-corrected chi connectivity index (χ0v) is 18.7. The summed E-state index contributed by atoms with van der Waals surface area (Å²) < 4.78 is 15.7. The van der Waals surface area contributed by atoms with Crippen LogP contribution in [0.15, 0.2) is 30.4 Å². The van der Waals surface area contributed by atoms with Crippen LogP contribution in [0.2, 0.25) is 0 Å². The summed E-state index contributed by atoms with van der Waals surface area (Å²) in [6.45, 7) is 3.66. The van der Waals surface area contributed by atoms with Gasteiger partial charge in [0.2, 0.25) is 5.91 Å². The lowest BCUT2D eigenvalue weighted by atomic mass is 10.1. The van der Waals surface area contributed by atoms with Crippen molar-refractivity contribution in [3.63, 3.8) is 0 Å². The van der Waals surface area contributed by atoms with Gasteiger partial charge in [0.25, 0.3) is 0 Å². The molecule has 0 spiro atoms. The van der Waals surface area contributed by atoms with Gasteiger partial charge < -0.3 is 29.7 Å². The van der Waals surface area contributed by atoms with Crippen molar-refractivity contribution in [3.05, 3.63) is 35.9 Å². The highest BCUT2D eigenvalue weighted by molar-refractivity contribution is 5.75. The van der Waals surface area contributed by atoms with Crippen LogP contribution in [0.25, 0.3) is 0 Å². The minimum atomic E-state index is -1.13. The molecular formula is C23H33NO8. The molecule has 0 atom stereocenters. The van der Waals surface area contributed by atoms with Crippen LogP contribution in [0, 0.1) is 5.92 Å². The van der Waals surface area contributed by atoms with Crippen molar-refractivity contribution in [3.8, 4) is 11.5 Å². The number of hydrogen-bond acceptors (Lipinski definition) is 6. The van der Waals surface area contributed by atoms with Crippen LogP contribution in [0.5, 0.6) is 11.5 Å². The molecule has 0 aliphatic carbocycles. The van der Waals surface area contributed by atoms with Gasteiger partial charge in [0.15, 0.2) is 18.1 Å². The number of carbonyl (C=O) groups excluding carboxylic acids is 1. The minimum absolute atomic E-state index is 0.0397. The molecule has 0 aromatic heterocycles. The summed E-state index contributed by atoms with van der Waals surface area (Å²) in [6.07, 6.45) is 7.46. The van der Waals surface area contributed by atoms with E-state index in [0.29, 0.717) is 12.3 Å². The van der Waals surface area contributed by atoms with Crippen molar-refractivity contribution < 1.29 is 38.8 Å². The first-order valence-corrected chi connectivity index (χ1v) is 10.6. The maximum atomic E-state index is 12.1. The Balaban J connectivity index is 2.53. The molecule has 0 bridgehead atoms. The Kier molecular flexibility index (Phi) is 13.2. The predicted molar refractivity (Wildman–Crippen MR) is 118 cm³/mol. The molecule has 0 heterocycles. The van der Waals surface area contributed by atoms with Crippen molar-refractivity contribution >= 4 is 17.8 Å². The van der Waals surface area contributed by atoms with Crippen molar-refractivity contribution in [1.82, 2.24) is 5.32 Å². The van der Waals surface area contributed by atoms with E-state index in [1.54, 1.807) is 18.2 Å². The van der Waals surface area contributed by atoms with Gasteiger partial charge in [0.05, 0.1) is 6.61 Å². The number of aliphatic carboxylic acids is 2. The molecular weight excluding hydrogens is 418 g/mol. The molecule has 9 nitrogen and oxygen atoms in total. The van der Waals surface area contributed by atoms with Crippen LogP contribution in [-0.2, 0) is 25.7 Å². The van der Waals surface area contributed by atoms with E-state index in [1.807, 2.05) is 0 Å². The second kappa shape index (κ2) is 15.7. The predicted octanol–water partition coefficient (Wildman–Crippen LogP) is 3.02. The van der Waals surface area contributed by atoms with E-state index in [9.17, 15) is 14.4 Å². The quantitative estimate of drug-likeness (QED) is 0.243. The van der Waals surface area contributed by atoms with Gasteiger partial charge >= 0.3 is 11.9 Å². The molecule has 0 fully saturated rings. The van der Waals surface area contributed by atoms with Crippen molar-refractivity contribution in [2.75, 3.05) is 26.4 Å². The lowest BCUT2D eigenvalue weighted by molar-refractivity contribution is -0.142. The van der Waals surface area contributed by atoms with E-state index in [2.05, 4.69) is 31.3 Å². The van der Waals surface area contributed by atoms with Crippen LogP contribution in [-0.4, -0.2) is 54.5 Å². The number of nitrogens with one attached hydrogen (secondary N) is 1. The molecule has 178 valence electrons. The third-order valence-corrected chi connectivity index (χ3v) is 4.11. The largest absolute Gasteiger partial charge is 0.487 e. The monoisotopic (exact) mass is 451 g/mol. The molecule has 0 radical (unpaired) electrons. The highest BCUT2D eigenvalue weighted by Gasteiger charge is 2.10. The molecule has 1 amide bonds. The number of benzene rings is 1. The van der Waals surface area contributed by atoms with Gasteiger partial charge in [-0.3, -0.25) is 4.79 Å². The number of carbonyl (C=O) groups is 3. The molecule has 32 heavy (non-hydrogen) atoms. The lowest BCUT2D eigenvalue weighted by Crippen LogP contribution is -2.22. The summed E-state index contributed by atoms with van der Waals surface area (Å²) >= 11 is 0. The lowest BCUT2D eigenvalue weighted by Gasteiger charge is -2.14. The van der Waals surface area contributed by atoms with Gasteiger partial charge in [0.1, 0.15) is 13.2 Å². The van der Waals surface area contributed by atoms with Gasteiger partial charge in [-0.2, -0.15) is 0 Å². The van der Waals surface area contributed by atoms with Crippen LogP contribution in [0.4, 0.5) is 0 Å². The molecule has 0 saturated carbocycles. The van der Waals surface area contributed by atoms with Gasteiger partial charge in [-0.05, 0) is 42.9 Å². The summed E-state index contributed by atoms with van der Waals surface area (Å²) in [6, 6.07) is 4.92. The first-order valence-electron chi connectivity index (χ1n) is 10.6. The average molecular weight is 452 g/mol. The fourth-order valence-electron chi connectivity index (χ4n) is 2.61. The summed E-state index contributed by atoms with van der Waals surface area (Å²) in [5.74, 6) is -1.21. The fraction of sp³-hybridized carbons (Fsp3) is 0.522. The maximum absolute atomic E-state index is 12.1. The van der Waals surface area contributed by atoms with E-state index in [0.717, 1.165) is 24.8 Å². The Morgan fingerprint density at radius 1 is 1.00 bits per heavy atom. The molecule has 0 unspecified atom stereocenters. The second-order valence-electron chi connectivity index (χ2n) is 7.45. The number of hydrogen-bond donors (Lipinski definition) is 3. The third kappa shape index (κ3) is 13.3. The Morgan fingerprint density at radius 3 is 2.44 bits per heavy atom. The van der Waals surface area contributed by atoms with E-state index in [1.165, 1.54) is 0 Å². The first-order chi connectivity index (χ1) is 15.3. The molecule has 3 N–H and O–H groups in total. The zero-order valence-electron chi connectivity index (χ0n) is 18.7. The normalized spacial score (nSPS) is 11.0. The van der Waals surface area contributed by atoms with Gasteiger partial charge in [-0.1, -0.05) is 32.1 Å². The van der Waals surface area contributed by atoms with E-state index in [4.69, 9.17) is 24.4 Å². The van der Waals surface area contributed by atoms with Crippen LogP contribution >= 0.6 is 0 Å². The molecule has 0 saturated heterocycles. The summed E-state index contributed by atoms with van der Waals surface area (Å²) in [5, 5.41) is 20.2. The highest BCUT2D eigenvalue weighted by Crippen LogP contribution is 2.28. The number of ether oxygens (including phenoxy) is 3. The SMILES string of the molecule is CC(C)C=CCCCCC(=O)NCc1ccc(OCC(=O)O)c(OCCOCC(=O)O)c1. The van der Waals surface area contributed by atoms with Gasteiger partial charge in [-0.25, -0.2) is 9.59 Å². The van der Waals surface area contributed by atoms with Crippen LogP contribution in [0.3, 0.4) is 0 Å². The van der Waals surface area contributed by atoms with Crippen LogP contribution < -0.4 is 14.8 Å². The Hall–Kier alpha value is -3.07.